The summed E-state index contributed by atoms with van der Waals surface area (Å²) in [5.74, 6) is -0.0947. The normalized spacial score (nSPS) is 17.5. The third-order valence-electron chi connectivity index (χ3n) is 3.63. The molecule has 1 aromatic rings. The van der Waals surface area contributed by atoms with E-state index in [0.29, 0.717) is 11.3 Å². The standard InChI is InChI=1S/C16H23N3O2/c1-3-9-19(15-7-8-17-11-15)16(21)13-5-4-6-14(10-13)18-12(2)20/h4-6,10,15,17H,3,7-9,11H2,1-2H3,(H,18,20). The van der Waals surface area contributed by atoms with E-state index in [1.165, 1.54) is 6.92 Å². The Morgan fingerprint density at radius 3 is 2.86 bits per heavy atom. The smallest absolute Gasteiger partial charge is 0.254 e. The van der Waals surface area contributed by atoms with Gasteiger partial charge in [-0.1, -0.05) is 13.0 Å². The molecule has 1 aliphatic rings. The fourth-order valence-corrected chi connectivity index (χ4v) is 2.70. The first-order valence-corrected chi connectivity index (χ1v) is 7.51. The predicted molar refractivity (Wildman–Crippen MR) is 83.3 cm³/mol. The topological polar surface area (TPSA) is 61.4 Å². The molecule has 0 spiro atoms. The fourth-order valence-electron chi connectivity index (χ4n) is 2.70. The van der Waals surface area contributed by atoms with E-state index >= 15 is 0 Å². The minimum Gasteiger partial charge on any atom is -0.334 e. The fraction of sp³-hybridized carbons (Fsp3) is 0.500. The third kappa shape index (κ3) is 4.04. The van der Waals surface area contributed by atoms with Gasteiger partial charge in [0.1, 0.15) is 0 Å². The van der Waals surface area contributed by atoms with Crippen LogP contribution in [0.25, 0.3) is 0 Å². The molecule has 1 unspecified atom stereocenters. The summed E-state index contributed by atoms with van der Waals surface area (Å²) in [6.07, 6.45) is 1.94. The second kappa shape index (κ2) is 7.22. The Morgan fingerprint density at radius 2 is 2.24 bits per heavy atom. The highest BCUT2D eigenvalue weighted by atomic mass is 16.2. The van der Waals surface area contributed by atoms with Crippen LogP contribution in [0.3, 0.4) is 0 Å². The zero-order valence-corrected chi connectivity index (χ0v) is 12.7. The number of benzene rings is 1. The summed E-state index contributed by atoms with van der Waals surface area (Å²) in [6, 6.07) is 7.41. The first kappa shape index (κ1) is 15.5. The van der Waals surface area contributed by atoms with E-state index in [-0.39, 0.29) is 17.9 Å². The minimum absolute atomic E-state index is 0.0396. The van der Waals surface area contributed by atoms with Crippen LogP contribution in [0.2, 0.25) is 0 Å². The molecule has 1 fully saturated rings. The Kier molecular flexibility index (Phi) is 5.33. The SMILES string of the molecule is CCCN(C(=O)c1cccc(NC(C)=O)c1)C1CCNC1. The summed E-state index contributed by atoms with van der Waals surface area (Å²) in [6.45, 7) is 6.12. The Labute approximate surface area is 125 Å². The number of anilines is 1. The van der Waals surface area contributed by atoms with Crippen molar-refractivity contribution in [3.05, 3.63) is 29.8 Å². The lowest BCUT2D eigenvalue weighted by atomic mass is 10.1. The molecule has 2 amide bonds. The van der Waals surface area contributed by atoms with Gasteiger partial charge in [-0.25, -0.2) is 0 Å². The number of carbonyl (C=O) groups excluding carboxylic acids is 2. The van der Waals surface area contributed by atoms with Crippen LogP contribution in [0.4, 0.5) is 5.69 Å². The van der Waals surface area contributed by atoms with Gasteiger partial charge in [0, 0.05) is 37.3 Å². The van der Waals surface area contributed by atoms with Crippen molar-refractivity contribution in [2.45, 2.75) is 32.7 Å². The van der Waals surface area contributed by atoms with E-state index in [1.54, 1.807) is 24.3 Å². The van der Waals surface area contributed by atoms with Gasteiger partial charge in [0.05, 0.1) is 0 Å². The summed E-state index contributed by atoms with van der Waals surface area (Å²) in [5.41, 5.74) is 1.29. The molecule has 1 atom stereocenters. The maximum Gasteiger partial charge on any atom is 0.254 e. The van der Waals surface area contributed by atoms with Crippen LogP contribution in [0.15, 0.2) is 24.3 Å². The van der Waals surface area contributed by atoms with Crippen LogP contribution in [0.5, 0.6) is 0 Å². The first-order chi connectivity index (χ1) is 10.1. The Bertz CT molecular complexity index is 510. The van der Waals surface area contributed by atoms with Crippen molar-refractivity contribution in [2.24, 2.45) is 0 Å². The molecule has 1 aromatic carbocycles. The molecule has 1 aliphatic heterocycles. The van der Waals surface area contributed by atoms with E-state index in [1.807, 2.05) is 4.90 Å². The van der Waals surface area contributed by atoms with Gasteiger partial charge in [-0.15, -0.1) is 0 Å². The zero-order valence-electron chi connectivity index (χ0n) is 12.7. The number of nitrogens with one attached hydrogen (secondary N) is 2. The summed E-state index contributed by atoms with van der Waals surface area (Å²) < 4.78 is 0. The van der Waals surface area contributed by atoms with Gasteiger partial charge in [0.15, 0.2) is 0 Å². The van der Waals surface area contributed by atoms with Gasteiger partial charge >= 0.3 is 0 Å². The van der Waals surface area contributed by atoms with E-state index in [4.69, 9.17) is 0 Å². The van der Waals surface area contributed by atoms with Crippen molar-refractivity contribution in [2.75, 3.05) is 25.0 Å². The molecule has 0 aromatic heterocycles. The lowest BCUT2D eigenvalue weighted by Crippen LogP contribution is -2.42. The summed E-state index contributed by atoms with van der Waals surface area (Å²) >= 11 is 0. The summed E-state index contributed by atoms with van der Waals surface area (Å²) in [4.78, 5) is 25.8. The van der Waals surface area contributed by atoms with Gasteiger partial charge in [-0.3, -0.25) is 9.59 Å². The predicted octanol–water partition coefficient (Wildman–Crippen LogP) is 1.86. The summed E-state index contributed by atoms with van der Waals surface area (Å²) in [7, 11) is 0. The molecule has 0 aliphatic carbocycles. The molecule has 1 saturated heterocycles. The van der Waals surface area contributed by atoms with Crippen molar-refractivity contribution in [3.63, 3.8) is 0 Å². The highest BCUT2D eigenvalue weighted by Gasteiger charge is 2.26. The minimum atomic E-state index is -0.134. The van der Waals surface area contributed by atoms with Crippen molar-refractivity contribution in [1.29, 1.82) is 0 Å². The average Bonchev–Trinajstić information content (AvgIpc) is 2.97. The molecule has 2 rings (SSSR count). The molecule has 5 nitrogen and oxygen atoms in total. The van der Waals surface area contributed by atoms with E-state index in [9.17, 15) is 9.59 Å². The average molecular weight is 289 g/mol. The van der Waals surface area contributed by atoms with E-state index in [2.05, 4.69) is 17.6 Å². The zero-order chi connectivity index (χ0) is 15.2. The molecule has 2 N–H and O–H groups in total. The molecule has 5 heteroatoms. The van der Waals surface area contributed by atoms with Crippen LogP contribution in [0, 0.1) is 0 Å². The summed E-state index contributed by atoms with van der Waals surface area (Å²) in [5, 5.41) is 6.02. The maximum absolute atomic E-state index is 12.7. The molecular weight excluding hydrogens is 266 g/mol. The van der Waals surface area contributed by atoms with Crippen LogP contribution < -0.4 is 10.6 Å². The number of carbonyl (C=O) groups is 2. The third-order valence-corrected chi connectivity index (χ3v) is 3.63. The Hall–Kier alpha value is -1.88. The number of nitrogens with zero attached hydrogens (tertiary/aromatic N) is 1. The van der Waals surface area contributed by atoms with Gasteiger partial charge in [-0.05, 0) is 37.6 Å². The Balaban J connectivity index is 2.17. The van der Waals surface area contributed by atoms with Crippen molar-refractivity contribution < 1.29 is 9.59 Å². The molecule has 0 bridgehead atoms. The highest BCUT2D eigenvalue weighted by Crippen LogP contribution is 2.17. The molecule has 1 heterocycles. The van der Waals surface area contributed by atoms with Crippen LogP contribution in [-0.4, -0.2) is 42.4 Å². The first-order valence-electron chi connectivity index (χ1n) is 7.51. The molecular formula is C16H23N3O2. The number of amides is 2. The van der Waals surface area contributed by atoms with E-state index < -0.39 is 0 Å². The largest absolute Gasteiger partial charge is 0.334 e. The molecule has 21 heavy (non-hydrogen) atoms. The van der Waals surface area contributed by atoms with Crippen molar-refractivity contribution in [3.8, 4) is 0 Å². The molecule has 0 radical (unpaired) electrons. The number of rotatable bonds is 5. The molecule has 0 saturated carbocycles. The van der Waals surface area contributed by atoms with Crippen molar-refractivity contribution >= 4 is 17.5 Å². The van der Waals surface area contributed by atoms with Crippen LogP contribution in [0.1, 0.15) is 37.0 Å². The van der Waals surface area contributed by atoms with E-state index in [0.717, 1.165) is 32.5 Å². The lowest BCUT2D eigenvalue weighted by molar-refractivity contribution is -0.114. The number of hydrogen-bond acceptors (Lipinski definition) is 3. The second-order valence-electron chi connectivity index (χ2n) is 5.41. The van der Waals surface area contributed by atoms with Gasteiger partial charge in [-0.2, -0.15) is 0 Å². The van der Waals surface area contributed by atoms with Gasteiger partial charge in [0.2, 0.25) is 5.91 Å². The van der Waals surface area contributed by atoms with Crippen LogP contribution >= 0.6 is 0 Å². The maximum atomic E-state index is 12.7. The Morgan fingerprint density at radius 1 is 1.43 bits per heavy atom. The lowest BCUT2D eigenvalue weighted by Gasteiger charge is -2.28. The van der Waals surface area contributed by atoms with Gasteiger partial charge < -0.3 is 15.5 Å². The molecule has 114 valence electrons. The highest BCUT2D eigenvalue weighted by molar-refractivity contribution is 5.97. The van der Waals surface area contributed by atoms with Gasteiger partial charge in [0.25, 0.3) is 5.91 Å². The monoisotopic (exact) mass is 289 g/mol. The van der Waals surface area contributed by atoms with Crippen molar-refractivity contribution in [1.82, 2.24) is 10.2 Å². The second-order valence-corrected chi connectivity index (χ2v) is 5.41. The van der Waals surface area contributed by atoms with Crippen LogP contribution in [-0.2, 0) is 4.79 Å². The number of hydrogen-bond donors (Lipinski definition) is 2. The quantitative estimate of drug-likeness (QED) is 0.870.